The maximum Gasteiger partial charge on any atom is 0.180 e. The predicted octanol–water partition coefficient (Wildman–Crippen LogP) is 6.16. The van der Waals surface area contributed by atoms with Crippen molar-refractivity contribution in [1.29, 1.82) is 0 Å². The van der Waals surface area contributed by atoms with Crippen molar-refractivity contribution in [2.45, 2.75) is 103 Å². The molecule has 0 bridgehead atoms. The minimum Gasteiger partial charge on any atom is -0.396 e. The van der Waals surface area contributed by atoms with E-state index in [0.29, 0.717) is 24.4 Å². The first-order chi connectivity index (χ1) is 13.3. The lowest BCUT2D eigenvalue weighted by Gasteiger charge is -2.00. The molecule has 27 heavy (non-hydrogen) atoms. The van der Waals surface area contributed by atoms with Crippen LogP contribution in [0.3, 0.4) is 0 Å². The number of aromatic nitrogens is 2. The number of aliphatic hydroxyl groups excluding tert-OH is 1. The third-order valence-corrected chi connectivity index (χ3v) is 4.94. The molecule has 4 nitrogen and oxygen atoms in total. The van der Waals surface area contributed by atoms with Crippen molar-refractivity contribution in [3.05, 3.63) is 29.9 Å². The van der Waals surface area contributed by atoms with Gasteiger partial charge in [0.1, 0.15) is 11.5 Å². The summed E-state index contributed by atoms with van der Waals surface area (Å²) in [4.78, 5) is 19.1. The van der Waals surface area contributed by atoms with Crippen molar-refractivity contribution in [2.24, 2.45) is 0 Å². The molecule has 1 aromatic rings. The molecule has 0 unspecified atom stereocenters. The summed E-state index contributed by atoms with van der Waals surface area (Å²) in [6, 6.07) is 0. The summed E-state index contributed by atoms with van der Waals surface area (Å²) in [5.41, 5.74) is 0.578. The quantitative estimate of drug-likeness (QED) is 0.183. The van der Waals surface area contributed by atoms with E-state index < -0.39 is 0 Å². The first-order valence-electron chi connectivity index (χ1n) is 11.1. The summed E-state index contributed by atoms with van der Waals surface area (Å²) in [7, 11) is 0. The Morgan fingerprint density at radius 3 is 2.19 bits per heavy atom. The van der Waals surface area contributed by atoms with Crippen molar-refractivity contribution in [1.82, 2.24) is 9.97 Å². The molecule has 1 rings (SSSR count). The van der Waals surface area contributed by atoms with Gasteiger partial charge in [-0.3, -0.25) is 4.79 Å². The molecular weight excluding hydrogens is 336 g/mol. The number of unbranched alkanes of at least 4 members (excludes halogenated alkanes) is 11. The van der Waals surface area contributed by atoms with E-state index in [9.17, 15) is 4.79 Å². The summed E-state index contributed by atoms with van der Waals surface area (Å²) >= 11 is 0. The summed E-state index contributed by atoms with van der Waals surface area (Å²) in [5.74, 6) is 0.815. The molecule has 1 heterocycles. The molecule has 0 fully saturated rings. The molecule has 0 saturated carbocycles. The Labute approximate surface area is 165 Å². The molecule has 4 heteroatoms. The minimum atomic E-state index is 0.0510. The second-order valence-corrected chi connectivity index (χ2v) is 7.47. The summed E-state index contributed by atoms with van der Waals surface area (Å²) in [6.07, 6.45) is 23.8. The van der Waals surface area contributed by atoms with Crippen LogP contribution in [-0.2, 0) is 6.42 Å². The van der Waals surface area contributed by atoms with Crippen LogP contribution in [0.4, 0.5) is 0 Å². The number of H-pyrrole nitrogens is 1. The van der Waals surface area contributed by atoms with E-state index in [2.05, 4.69) is 29.0 Å². The maximum absolute atomic E-state index is 12.1. The van der Waals surface area contributed by atoms with Gasteiger partial charge in [0, 0.05) is 12.8 Å². The van der Waals surface area contributed by atoms with E-state index in [1.807, 2.05) is 0 Å². The van der Waals surface area contributed by atoms with Gasteiger partial charge in [-0.2, -0.15) is 0 Å². The number of nitrogens with one attached hydrogen (secondary N) is 1. The fourth-order valence-electron chi connectivity index (χ4n) is 3.23. The van der Waals surface area contributed by atoms with Gasteiger partial charge < -0.3 is 10.1 Å². The molecule has 1 aromatic heterocycles. The van der Waals surface area contributed by atoms with Crippen LogP contribution in [0.2, 0.25) is 0 Å². The zero-order valence-electron chi connectivity index (χ0n) is 17.3. The summed E-state index contributed by atoms with van der Waals surface area (Å²) < 4.78 is 0. The maximum atomic E-state index is 12.1. The van der Waals surface area contributed by atoms with Gasteiger partial charge in [0.05, 0.1) is 12.8 Å². The van der Waals surface area contributed by atoms with Crippen LogP contribution in [0.5, 0.6) is 0 Å². The Morgan fingerprint density at radius 1 is 0.963 bits per heavy atom. The standard InChI is InChI=1S/C23H40N2O2/c1-2-3-4-5-6-7-8-9-10-11-12-13-14-15-16-17-22(27)21-20-24-23(25-21)18-19-26/h9-10,20,26H,2-8,11-19H2,1H3,(H,24,25)/b10-9-. The molecule has 0 aliphatic heterocycles. The molecule has 154 valence electrons. The monoisotopic (exact) mass is 376 g/mol. The van der Waals surface area contributed by atoms with E-state index in [-0.39, 0.29) is 12.4 Å². The van der Waals surface area contributed by atoms with E-state index in [1.54, 1.807) is 6.20 Å². The molecule has 0 atom stereocenters. The normalized spacial score (nSPS) is 11.5. The van der Waals surface area contributed by atoms with Crippen LogP contribution in [-0.4, -0.2) is 27.5 Å². The Balaban J connectivity index is 1.89. The number of rotatable bonds is 18. The number of nitrogens with zero attached hydrogens (tertiary/aromatic N) is 1. The van der Waals surface area contributed by atoms with Gasteiger partial charge >= 0.3 is 0 Å². The van der Waals surface area contributed by atoms with Gasteiger partial charge in [-0.1, -0.05) is 70.4 Å². The Bertz CT molecular complexity index is 508. The van der Waals surface area contributed by atoms with Crippen molar-refractivity contribution >= 4 is 5.78 Å². The smallest absolute Gasteiger partial charge is 0.180 e. The fourth-order valence-corrected chi connectivity index (χ4v) is 3.23. The zero-order valence-corrected chi connectivity index (χ0v) is 17.3. The third kappa shape index (κ3) is 12.6. The highest BCUT2D eigenvalue weighted by molar-refractivity contribution is 5.94. The number of carbonyl (C=O) groups is 1. The molecular formula is C23H40N2O2. The molecule has 0 amide bonds. The van der Waals surface area contributed by atoms with Gasteiger partial charge in [-0.05, 0) is 32.1 Å². The number of ketones is 1. The van der Waals surface area contributed by atoms with Gasteiger partial charge in [0.2, 0.25) is 0 Å². The van der Waals surface area contributed by atoms with Crippen molar-refractivity contribution < 1.29 is 9.90 Å². The topological polar surface area (TPSA) is 66.0 Å². The Morgan fingerprint density at radius 2 is 1.56 bits per heavy atom. The van der Waals surface area contributed by atoms with Gasteiger partial charge in [0.25, 0.3) is 0 Å². The molecule has 0 aliphatic carbocycles. The first kappa shape index (κ1) is 23.6. The first-order valence-corrected chi connectivity index (χ1v) is 11.1. The summed E-state index contributed by atoms with van der Waals surface area (Å²) in [6.45, 7) is 2.31. The summed E-state index contributed by atoms with van der Waals surface area (Å²) in [5, 5.41) is 8.87. The van der Waals surface area contributed by atoms with Crippen LogP contribution in [0.25, 0.3) is 0 Å². The highest BCUT2D eigenvalue weighted by Crippen LogP contribution is 2.11. The lowest BCUT2D eigenvalue weighted by molar-refractivity contribution is 0.0974. The number of allylic oxidation sites excluding steroid dienone is 2. The second-order valence-electron chi connectivity index (χ2n) is 7.47. The molecule has 0 radical (unpaired) electrons. The van der Waals surface area contributed by atoms with Gasteiger partial charge in [-0.25, -0.2) is 4.98 Å². The lowest BCUT2D eigenvalue weighted by Crippen LogP contribution is -2.00. The van der Waals surface area contributed by atoms with Gasteiger partial charge in [0.15, 0.2) is 5.78 Å². The third-order valence-electron chi connectivity index (χ3n) is 4.94. The number of carbonyl (C=O) groups excluding carboxylic acids is 1. The Kier molecular flexibility index (Phi) is 14.6. The highest BCUT2D eigenvalue weighted by atomic mass is 16.3. The largest absolute Gasteiger partial charge is 0.396 e. The molecule has 0 saturated heterocycles. The van der Waals surface area contributed by atoms with E-state index in [4.69, 9.17) is 5.11 Å². The van der Waals surface area contributed by atoms with Crippen molar-refractivity contribution in [3.8, 4) is 0 Å². The lowest BCUT2D eigenvalue weighted by atomic mass is 10.1. The molecule has 0 spiro atoms. The number of Topliss-reactive ketones (excluding diaryl/α,β-unsaturated/α-hetero) is 1. The average molecular weight is 377 g/mol. The number of hydrogen-bond donors (Lipinski definition) is 2. The predicted molar refractivity (Wildman–Crippen MR) is 113 cm³/mol. The van der Waals surface area contributed by atoms with E-state index >= 15 is 0 Å². The van der Waals surface area contributed by atoms with E-state index in [1.165, 1.54) is 70.6 Å². The number of aliphatic hydroxyl groups is 1. The zero-order chi connectivity index (χ0) is 19.6. The molecule has 2 N–H and O–H groups in total. The van der Waals surface area contributed by atoms with Crippen molar-refractivity contribution in [3.63, 3.8) is 0 Å². The SMILES string of the molecule is CCCCCCCC/C=C\CCCCCCCC(=O)c1cnc(CCO)[nH]1. The number of imidazole rings is 1. The van der Waals surface area contributed by atoms with Gasteiger partial charge in [-0.15, -0.1) is 0 Å². The minimum absolute atomic E-state index is 0.0510. The van der Waals surface area contributed by atoms with Crippen LogP contribution in [0, 0.1) is 0 Å². The van der Waals surface area contributed by atoms with Crippen LogP contribution in [0.15, 0.2) is 18.3 Å². The molecule has 0 aromatic carbocycles. The molecule has 0 aliphatic rings. The van der Waals surface area contributed by atoms with Crippen LogP contribution < -0.4 is 0 Å². The second kappa shape index (κ2) is 16.7. The van der Waals surface area contributed by atoms with Crippen molar-refractivity contribution in [2.75, 3.05) is 6.61 Å². The van der Waals surface area contributed by atoms with E-state index in [0.717, 1.165) is 12.8 Å². The number of aromatic amines is 1. The highest BCUT2D eigenvalue weighted by Gasteiger charge is 2.09. The average Bonchev–Trinajstić information content (AvgIpc) is 3.14. The van der Waals surface area contributed by atoms with Crippen LogP contribution >= 0.6 is 0 Å². The Hall–Kier alpha value is -1.42. The number of hydrogen-bond acceptors (Lipinski definition) is 3. The van der Waals surface area contributed by atoms with Crippen LogP contribution in [0.1, 0.15) is 113 Å². The fraction of sp³-hybridized carbons (Fsp3) is 0.739.